The maximum atomic E-state index is 5.60. The highest BCUT2D eigenvalue weighted by Crippen LogP contribution is 2.19. The number of nitrogens with one attached hydrogen (secondary N) is 1. The number of hydrogen-bond acceptors (Lipinski definition) is 3. The van der Waals surface area contributed by atoms with Crippen LogP contribution in [0.3, 0.4) is 0 Å². The van der Waals surface area contributed by atoms with Crippen molar-refractivity contribution in [3.05, 3.63) is 53.5 Å². The molecule has 3 nitrogen and oxygen atoms in total. The van der Waals surface area contributed by atoms with Crippen molar-refractivity contribution in [3.8, 4) is 0 Å². The van der Waals surface area contributed by atoms with E-state index in [0.29, 0.717) is 0 Å². The standard InChI is InChI=1S/C18H26N2O/c1-4-11-19-13-18-16(10-12-21-18)14-20(3)17-8-6-15(5-2)7-9-17/h6-10,12,19H,4-5,11,13-14H2,1-3H3. The van der Waals surface area contributed by atoms with E-state index in [4.69, 9.17) is 4.42 Å². The fourth-order valence-corrected chi connectivity index (χ4v) is 2.37. The van der Waals surface area contributed by atoms with Gasteiger partial charge in [0.15, 0.2) is 0 Å². The number of rotatable bonds is 8. The molecule has 1 heterocycles. The first kappa shape index (κ1) is 15.6. The molecule has 2 rings (SSSR count). The van der Waals surface area contributed by atoms with Gasteiger partial charge >= 0.3 is 0 Å². The molecule has 21 heavy (non-hydrogen) atoms. The second-order valence-corrected chi connectivity index (χ2v) is 5.42. The Morgan fingerprint density at radius 2 is 1.86 bits per heavy atom. The van der Waals surface area contributed by atoms with Crippen LogP contribution in [0.2, 0.25) is 0 Å². The van der Waals surface area contributed by atoms with Crippen molar-refractivity contribution in [1.29, 1.82) is 0 Å². The van der Waals surface area contributed by atoms with Gasteiger partial charge in [-0.05, 0) is 43.1 Å². The maximum Gasteiger partial charge on any atom is 0.122 e. The highest BCUT2D eigenvalue weighted by atomic mass is 16.3. The zero-order chi connectivity index (χ0) is 15.1. The van der Waals surface area contributed by atoms with Crippen LogP contribution in [0.25, 0.3) is 0 Å². The highest BCUT2D eigenvalue weighted by molar-refractivity contribution is 5.47. The van der Waals surface area contributed by atoms with Gasteiger partial charge < -0.3 is 14.6 Å². The molecule has 0 saturated heterocycles. The minimum absolute atomic E-state index is 0.804. The highest BCUT2D eigenvalue weighted by Gasteiger charge is 2.09. The molecule has 0 spiro atoms. The second-order valence-electron chi connectivity index (χ2n) is 5.42. The Bertz CT molecular complexity index is 530. The summed E-state index contributed by atoms with van der Waals surface area (Å²) in [5.41, 5.74) is 3.86. The summed E-state index contributed by atoms with van der Waals surface area (Å²) in [4.78, 5) is 2.26. The normalized spacial score (nSPS) is 10.8. The van der Waals surface area contributed by atoms with Crippen LogP contribution in [0, 0.1) is 0 Å². The largest absolute Gasteiger partial charge is 0.468 e. The molecule has 0 fully saturated rings. The van der Waals surface area contributed by atoms with E-state index >= 15 is 0 Å². The minimum atomic E-state index is 0.804. The summed E-state index contributed by atoms with van der Waals surface area (Å²) in [5, 5.41) is 3.39. The molecule has 1 aromatic heterocycles. The van der Waals surface area contributed by atoms with E-state index in [2.05, 4.69) is 61.4 Å². The molecule has 0 aliphatic rings. The van der Waals surface area contributed by atoms with Crippen LogP contribution in [0.5, 0.6) is 0 Å². The molecule has 0 radical (unpaired) electrons. The molecule has 114 valence electrons. The van der Waals surface area contributed by atoms with Gasteiger partial charge in [0.25, 0.3) is 0 Å². The third-order valence-electron chi connectivity index (χ3n) is 3.74. The predicted molar refractivity (Wildman–Crippen MR) is 88.6 cm³/mol. The van der Waals surface area contributed by atoms with Gasteiger partial charge in [-0.2, -0.15) is 0 Å². The molecule has 0 bridgehead atoms. The second kappa shape index (κ2) is 7.89. The van der Waals surface area contributed by atoms with Gasteiger partial charge in [0.1, 0.15) is 5.76 Å². The van der Waals surface area contributed by atoms with E-state index in [9.17, 15) is 0 Å². The van der Waals surface area contributed by atoms with Gasteiger partial charge in [0.2, 0.25) is 0 Å². The molecule has 0 atom stereocenters. The summed E-state index contributed by atoms with van der Waals surface area (Å²) in [6.45, 7) is 7.04. The van der Waals surface area contributed by atoms with Crippen LogP contribution in [-0.2, 0) is 19.5 Å². The summed E-state index contributed by atoms with van der Waals surface area (Å²) >= 11 is 0. The number of furan rings is 1. The van der Waals surface area contributed by atoms with Crippen molar-refractivity contribution in [2.75, 3.05) is 18.5 Å². The molecule has 0 unspecified atom stereocenters. The van der Waals surface area contributed by atoms with Crippen molar-refractivity contribution in [1.82, 2.24) is 5.32 Å². The van der Waals surface area contributed by atoms with E-state index in [0.717, 1.165) is 38.2 Å². The van der Waals surface area contributed by atoms with E-state index in [1.165, 1.54) is 16.8 Å². The SMILES string of the molecule is CCCNCc1occc1CN(C)c1ccc(CC)cc1. The molecule has 0 aliphatic carbocycles. The zero-order valence-corrected chi connectivity index (χ0v) is 13.4. The van der Waals surface area contributed by atoms with Crippen LogP contribution >= 0.6 is 0 Å². The molecule has 1 aromatic carbocycles. The quantitative estimate of drug-likeness (QED) is 0.744. The summed E-state index contributed by atoms with van der Waals surface area (Å²) in [7, 11) is 2.12. The molecule has 0 amide bonds. The molecular weight excluding hydrogens is 260 g/mol. The van der Waals surface area contributed by atoms with Crippen molar-refractivity contribution in [2.24, 2.45) is 0 Å². The van der Waals surface area contributed by atoms with Crippen molar-refractivity contribution >= 4 is 5.69 Å². The first-order valence-electron chi connectivity index (χ1n) is 7.80. The number of nitrogens with zero attached hydrogens (tertiary/aromatic N) is 1. The van der Waals surface area contributed by atoms with E-state index < -0.39 is 0 Å². The Balaban J connectivity index is 1.98. The average Bonchev–Trinajstić information content (AvgIpc) is 2.95. The summed E-state index contributed by atoms with van der Waals surface area (Å²) < 4.78 is 5.60. The smallest absolute Gasteiger partial charge is 0.122 e. The van der Waals surface area contributed by atoms with Crippen LogP contribution in [0.1, 0.15) is 37.2 Å². The first-order valence-corrected chi connectivity index (χ1v) is 7.80. The van der Waals surface area contributed by atoms with Crippen LogP contribution in [0.4, 0.5) is 5.69 Å². The predicted octanol–water partition coefficient (Wildman–Crippen LogP) is 3.98. The Hall–Kier alpha value is -1.74. The van der Waals surface area contributed by atoms with Crippen LogP contribution in [-0.4, -0.2) is 13.6 Å². The van der Waals surface area contributed by atoms with Gasteiger partial charge in [0.05, 0.1) is 12.8 Å². The molecule has 3 heteroatoms. The summed E-state index contributed by atoms with van der Waals surface area (Å²) in [5.74, 6) is 1.04. The van der Waals surface area contributed by atoms with Crippen molar-refractivity contribution in [2.45, 2.75) is 39.8 Å². The lowest BCUT2D eigenvalue weighted by molar-refractivity contribution is 0.478. The third-order valence-corrected chi connectivity index (χ3v) is 3.74. The average molecular weight is 286 g/mol. The molecular formula is C18H26N2O. The van der Waals surface area contributed by atoms with E-state index in [1.807, 2.05) is 0 Å². The first-order chi connectivity index (χ1) is 10.2. The number of benzene rings is 1. The van der Waals surface area contributed by atoms with Crippen molar-refractivity contribution in [3.63, 3.8) is 0 Å². The van der Waals surface area contributed by atoms with Crippen LogP contribution in [0.15, 0.2) is 41.0 Å². The van der Waals surface area contributed by atoms with E-state index in [1.54, 1.807) is 6.26 Å². The monoisotopic (exact) mass is 286 g/mol. The van der Waals surface area contributed by atoms with Crippen LogP contribution < -0.4 is 10.2 Å². The summed E-state index contributed by atoms with van der Waals surface area (Å²) in [6.07, 6.45) is 4.00. The Morgan fingerprint density at radius 1 is 1.10 bits per heavy atom. The Kier molecular flexibility index (Phi) is 5.88. The zero-order valence-electron chi connectivity index (χ0n) is 13.4. The summed E-state index contributed by atoms with van der Waals surface area (Å²) in [6, 6.07) is 10.8. The lowest BCUT2D eigenvalue weighted by Gasteiger charge is -2.19. The fourth-order valence-electron chi connectivity index (χ4n) is 2.37. The lowest BCUT2D eigenvalue weighted by Crippen LogP contribution is -2.19. The molecule has 1 N–H and O–H groups in total. The van der Waals surface area contributed by atoms with Gasteiger partial charge in [0, 0.05) is 24.8 Å². The molecule has 0 aliphatic heterocycles. The van der Waals surface area contributed by atoms with Gasteiger partial charge in [-0.15, -0.1) is 0 Å². The minimum Gasteiger partial charge on any atom is -0.468 e. The topological polar surface area (TPSA) is 28.4 Å². The van der Waals surface area contributed by atoms with Gasteiger partial charge in [-0.3, -0.25) is 0 Å². The fraction of sp³-hybridized carbons (Fsp3) is 0.444. The van der Waals surface area contributed by atoms with Gasteiger partial charge in [-0.1, -0.05) is 26.0 Å². The Labute approximate surface area is 128 Å². The third kappa shape index (κ3) is 4.36. The molecule has 0 saturated carbocycles. The van der Waals surface area contributed by atoms with E-state index in [-0.39, 0.29) is 0 Å². The maximum absolute atomic E-state index is 5.60. The lowest BCUT2D eigenvalue weighted by atomic mass is 10.1. The number of hydrogen-bond donors (Lipinski definition) is 1. The number of anilines is 1. The van der Waals surface area contributed by atoms with Crippen molar-refractivity contribution < 1.29 is 4.42 Å². The van der Waals surface area contributed by atoms with Gasteiger partial charge in [-0.25, -0.2) is 0 Å². The Morgan fingerprint density at radius 3 is 2.52 bits per heavy atom. The molecule has 2 aromatic rings. The number of aryl methyl sites for hydroxylation is 1.